The lowest BCUT2D eigenvalue weighted by Gasteiger charge is -2.32. The Morgan fingerprint density at radius 1 is 1.00 bits per heavy atom. The second-order valence-corrected chi connectivity index (χ2v) is 6.56. The number of rotatable bonds is 7. The molecular weight excluding hydrogens is 326 g/mol. The van der Waals surface area contributed by atoms with Gasteiger partial charge in [0.05, 0.1) is 6.61 Å². The molecule has 0 bridgehead atoms. The molecule has 26 heavy (non-hydrogen) atoms. The van der Waals surface area contributed by atoms with Gasteiger partial charge in [-0.2, -0.15) is 0 Å². The Morgan fingerprint density at radius 2 is 1.65 bits per heavy atom. The average Bonchev–Trinajstić information content (AvgIpc) is 2.69. The van der Waals surface area contributed by atoms with Crippen LogP contribution < -0.4 is 9.47 Å². The van der Waals surface area contributed by atoms with Gasteiger partial charge in [0.2, 0.25) is 5.91 Å². The normalized spacial score (nSPS) is 14.9. The molecule has 4 nitrogen and oxygen atoms in total. The third-order valence-electron chi connectivity index (χ3n) is 4.71. The molecule has 1 aliphatic heterocycles. The zero-order valence-corrected chi connectivity index (χ0v) is 15.4. The fraction of sp³-hybridized carbons (Fsp3) is 0.409. The molecule has 0 saturated carbocycles. The minimum Gasteiger partial charge on any atom is -0.490 e. The van der Waals surface area contributed by atoms with Gasteiger partial charge in [0.25, 0.3) is 0 Å². The van der Waals surface area contributed by atoms with Crippen LogP contribution in [0.2, 0.25) is 0 Å². The first-order valence-corrected chi connectivity index (χ1v) is 9.46. The van der Waals surface area contributed by atoms with E-state index in [1.807, 2.05) is 54.3 Å². The van der Waals surface area contributed by atoms with Gasteiger partial charge in [-0.1, -0.05) is 42.5 Å². The number of carbonyl (C=O) groups is 1. The van der Waals surface area contributed by atoms with Gasteiger partial charge in [-0.25, -0.2) is 0 Å². The summed E-state index contributed by atoms with van der Waals surface area (Å²) in [6, 6.07) is 18.0. The van der Waals surface area contributed by atoms with Crippen LogP contribution in [0.25, 0.3) is 0 Å². The van der Waals surface area contributed by atoms with Crippen LogP contribution in [0.15, 0.2) is 54.6 Å². The number of hydrogen-bond acceptors (Lipinski definition) is 3. The van der Waals surface area contributed by atoms with Crippen molar-refractivity contribution in [3.05, 3.63) is 60.2 Å². The van der Waals surface area contributed by atoms with E-state index in [-0.39, 0.29) is 12.0 Å². The van der Waals surface area contributed by atoms with E-state index in [0.717, 1.165) is 43.9 Å². The number of ether oxygens (including phenoxy) is 2. The Bertz CT molecular complexity index is 694. The van der Waals surface area contributed by atoms with Gasteiger partial charge in [-0.3, -0.25) is 4.79 Å². The molecule has 0 N–H and O–H groups in total. The summed E-state index contributed by atoms with van der Waals surface area (Å²) in [5.41, 5.74) is 1.21. The summed E-state index contributed by atoms with van der Waals surface area (Å²) in [4.78, 5) is 14.4. The van der Waals surface area contributed by atoms with Gasteiger partial charge < -0.3 is 14.4 Å². The molecule has 1 heterocycles. The van der Waals surface area contributed by atoms with E-state index in [4.69, 9.17) is 9.47 Å². The Morgan fingerprint density at radius 3 is 2.35 bits per heavy atom. The quantitative estimate of drug-likeness (QED) is 0.753. The van der Waals surface area contributed by atoms with Crippen LogP contribution in [0.3, 0.4) is 0 Å². The average molecular weight is 353 g/mol. The van der Waals surface area contributed by atoms with E-state index < -0.39 is 0 Å². The highest BCUT2D eigenvalue weighted by Crippen LogP contribution is 2.29. The van der Waals surface area contributed by atoms with Crippen LogP contribution in [0.1, 0.15) is 31.7 Å². The maximum Gasteiger partial charge on any atom is 0.222 e. The van der Waals surface area contributed by atoms with Crippen molar-refractivity contribution in [2.24, 2.45) is 0 Å². The van der Waals surface area contributed by atoms with Crippen LogP contribution >= 0.6 is 0 Å². The molecule has 1 amide bonds. The Kier molecular flexibility index (Phi) is 6.53. The minimum atomic E-state index is 0.134. The van der Waals surface area contributed by atoms with Crippen molar-refractivity contribution in [3.63, 3.8) is 0 Å². The number of hydrogen-bond donors (Lipinski definition) is 0. The smallest absolute Gasteiger partial charge is 0.222 e. The molecule has 2 aromatic carbocycles. The summed E-state index contributed by atoms with van der Waals surface area (Å²) in [6.45, 7) is 4.11. The van der Waals surface area contributed by atoms with E-state index in [2.05, 4.69) is 12.1 Å². The number of benzene rings is 2. The standard InChI is InChI=1S/C22H27NO3/c1-2-25-20-10-6-7-11-21(20)26-19-14-16-23(17-15-19)22(24)13-12-18-8-4-3-5-9-18/h3-11,19H,2,12-17H2,1H3. The molecule has 0 unspecified atom stereocenters. The van der Waals surface area contributed by atoms with Crippen LogP contribution in [0, 0.1) is 0 Å². The van der Waals surface area contributed by atoms with Crippen molar-refractivity contribution in [1.29, 1.82) is 0 Å². The Labute approximate surface area is 155 Å². The van der Waals surface area contributed by atoms with Crippen molar-refractivity contribution in [2.75, 3.05) is 19.7 Å². The molecule has 1 aliphatic rings. The first-order chi connectivity index (χ1) is 12.8. The molecule has 1 fully saturated rings. The van der Waals surface area contributed by atoms with Gasteiger partial charge in [-0.05, 0) is 31.0 Å². The van der Waals surface area contributed by atoms with Crippen LogP contribution in [0.4, 0.5) is 0 Å². The largest absolute Gasteiger partial charge is 0.490 e. The van der Waals surface area contributed by atoms with Crippen molar-refractivity contribution in [2.45, 2.75) is 38.7 Å². The highest BCUT2D eigenvalue weighted by molar-refractivity contribution is 5.76. The first kappa shape index (κ1) is 18.3. The predicted molar refractivity (Wildman–Crippen MR) is 103 cm³/mol. The lowest BCUT2D eigenvalue weighted by atomic mass is 10.1. The number of aryl methyl sites for hydroxylation is 1. The van der Waals surface area contributed by atoms with Gasteiger partial charge >= 0.3 is 0 Å². The SMILES string of the molecule is CCOc1ccccc1OC1CCN(C(=O)CCc2ccccc2)CC1. The molecule has 2 aromatic rings. The maximum absolute atomic E-state index is 12.4. The zero-order valence-electron chi connectivity index (χ0n) is 15.4. The summed E-state index contributed by atoms with van der Waals surface area (Å²) in [5, 5.41) is 0. The minimum absolute atomic E-state index is 0.134. The number of piperidine rings is 1. The highest BCUT2D eigenvalue weighted by Gasteiger charge is 2.24. The van der Waals surface area contributed by atoms with Crippen molar-refractivity contribution < 1.29 is 14.3 Å². The van der Waals surface area contributed by atoms with Crippen molar-refractivity contribution >= 4 is 5.91 Å². The lowest BCUT2D eigenvalue weighted by Crippen LogP contribution is -2.41. The number of amides is 1. The molecule has 138 valence electrons. The molecule has 0 atom stereocenters. The Balaban J connectivity index is 1.46. The fourth-order valence-corrected chi connectivity index (χ4v) is 3.28. The number of para-hydroxylation sites is 2. The van der Waals surface area contributed by atoms with E-state index in [9.17, 15) is 4.79 Å². The molecule has 0 radical (unpaired) electrons. The number of nitrogens with zero attached hydrogens (tertiary/aromatic N) is 1. The molecule has 0 aliphatic carbocycles. The molecule has 3 rings (SSSR count). The topological polar surface area (TPSA) is 38.8 Å². The van der Waals surface area contributed by atoms with Crippen molar-refractivity contribution in [1.82, 2.24) is 4.90 Å². The zero-order chi connectivity index (χ0) is 18.2. The lowest BCUT2D eigenvalue weighted by molar-refractivity contribution is -0.132. The van der Waals surface area contributed by atoms with Crippen LogP contribution in [-0.2, 0) is 11.2 Å². The summed E-state index contributed by atoms with van der Waals surface area (Å²) in [5.74, 6) is 1.82. The third kappa shape index (κ3) is 5.01. The highest BCUT2D eigenvalue weighted by atomic mass is 16.5. The van der Waals surface area contributed by atoms with E-state index >= 15 is 0 Å². The van der Waals surface area contributed by atoms with Gasteiger partial charge in [0, 0.05) is 32.4 Å². The summed E-state index contributed by atoms with van der Waals surface area (Å²) >= 11 is 0. The van der Waals surface area contributed by atoms with Crippen molar-refractivity contribution in [3.8, 4) is 11.5 Å². The van der Waals surface area contributed by atoms with E-state index in [1.54, 1.807) is 0 Å². The van der Waals surface area contributed by atoms with Gasteiger partial charge in [-0.15, -0.1) is 0 Å². The summed E-state index contributed by atoms with van der Waals surface area (Å²) < 4.78 is 11.8. The van der Waals surface area contributed by atoms with Gasteiger partial charge in [0.15, 0.2) is 11.5 Å². The van der Waals surface area contributed by atoms with E-state index in [1.165, 1.54) is 5.56 Å². The first-order valence-electron chi connectivity index (χ1n) is 9.46. The molecular formula is C22H27NO3. The summed E-state index contributed by atoms with van der Waals surface area (Å²) in [6.07, 6.45) is 3.23. The molecule has 0 spiro atoms. The fourth-order valence-electron chi connectivity index (χ4n) is 3.28. The van der Waals surface area contributed by atoms with Gasteiger partial charge in [0.1, 0.15) is 6.10 Å². The van der Waals surface area contributed by atoms with E-state index in [0.29, 0.717) is 13.0 Å². The van der Waals surface area contributed by atoms with Crippen LogP contribution in [0.5, 0.6) is 11.5 Å². The second-order valence-electron chi connectivity index (χ2n) is 6.56. The summed E-state index contributed by atoms with van der Waals surface area (Å²) in [7, 11) is 0. The molecule has 1 saturated heterocycles. The predicted octanol–water partition coefficient (Wildman–Crippen LogP) is 4.09. The number of carbonyl (C=O) groups excluding carboxylic acids is 1. The third-order valence-corrected chi connectivity index (χ3v) is 4.71. The van der Waals surface area contributed by atoms with Crippen LogP contribution in [-0.4, -0.2) is 36.6 Å². The maximum atomic E-state index is 12.4. The number of likely N-dealkylation sites (tertiary alicyclic amines) is 1. The Hall–Kier alpha value is -2.49. The second kappa shape index (κ2) is 9.27. The molecule has 0 aromatic heterocycles. The monoisotopic (exact) mass is 353 g/mol. The molecule has 4 heteroatoms.